The zero-order chi connectivity index (χ0) is 12.8. The Balaban J connectivity index is 1.71. The molecule has 2 fully saturated rings. The van der Waals surface area contributed by atoms with Gasteiger partial charge in [0.2, 0.25) is 0 Å². The summed E-state index contributed by atoms with van der Waals surface area (Å²) in [6, 6.07) is 13.3. The SMILES string of the molecule is CC1C2CNCC2CN1c1ccc2ccccc2n1. The highest BCUT2D eigenvalue weighted by molar-refractivity contribution is 5.80. The van der Waals surface area contributed by atoms with Gasteiger partial charge >= 0.3 is 0 Å². The minimum atomic E-state index is 0.591. The molecule has 98 valence electrons. The molecule has 0 amide bonds. The van der Waals surface area contributed by atoms with Crippen LogP contribution < -0.4 is 10.2 Å². The molecule has 0 bridgehead atoms. The van der Waals surface area contributed by atoms with Crippen molar-refractivity contribution in [3.63, 3.8) is 0 Å². The van der Waals surface area contributed by atoms with Crippen LogP contribution in [0.3, 0.4) is 0 Å². The van der Waals surface area contributed by atoms with E-state index in [1.165, 1.54) is 11.9 Å². The number of rotatable bonds is 1. The molecular formula is C16H19N3. The highest BCUT2D eigenvalue weighted by Gasteiger charge is 2.42. The fraction of sp³-hybridized carbons (Fsp3) is 0.438. The van der Waals surface area contributed by atoms with E-state index in [0.29, 0.717) is 6.04 Å². The van der Waals surface area contributed by atoms with Crippen LogP contribution in [0.15, 0.2) is 36.4 Å². The van der Waals surface area contributed by atoms with Crippen molar-refractivity contribution in [1.29, 1.82) is 0 Å². The zero-order valence-corrected chi connectivity index (χ0v) is 11.2. The Hall–Kier alpha value is -1.61. The highest BCUT2D eigenvalue weighted by atomic mass is 15.3. The quantitative estimate of drug-likeness (QED) is 0.845. The number of pyridine rings is 1. The molecule has 0 spiro atoms. The lowest BCUT2D eigenvalue weighted by Crippen LogP contribution is -2.33. The molecule has 2 aromatic rings. The fourth-order valence-corrected chi connectivity index (χ4v) is 3.69. The number of para-hydroxylation sites is 1. The monoisotopic (exact) mass is 253 g/mol. The number of fused-ring (bicyclic) bond motifs is 2. The number of anilines is 1. The van der Waals surface area contributed by atoms with Crippen LogP contribution in [0, 0.1) is 11.8 Å². The Labute approximate surface area is 113 Å². The number of nitrogens with zero attached hydrogens (tertiary/aromatic N) is 2. The molecule has 0 saturated carbocycles. The Bertz CT molecular complexity index is 610. The van der Waals surface area contributed by atoms with Crippen LogP contribution in [0.2, 0.25) is 0 Å². The lowest BCUT2D eigenvalue weighted by molar-refractivity contribution is 0.471. The second kappa shape index (κ2) is 4.20. The van der Waals surface area contributed by atoms with Crippen molar-refractivity contribution in [1.82, 2.24) is 10.3 Å². The molecule has 19 heavy (non-hydrogen) atoms. The number of benzene rings is 1. The molecule has 2 saturated heterocycles. The molecule has 2 aliphatic heterocycles. The van der Waals surface area contributed by atoms with E-state index < -0.39 is 0 Å². The predicted molar refractivity (Wildman–Crippen MR) is 78.4 cm³/mol. The van der Waals surface area contributed by atoms with Crippen LogP contribution >= 0.6 is 0 Å². The van der Waals surface area contributed by atoms with Gasteiger partial charge in [-0.2, -0.15) is 0 Å². The Kier molecular flexibility index (Phi) is 2.49. The topological polar surface area (TPSA) is 28.2 Å². The second-order valence-corrected chi connectivity index (χ2v) is 5.84. The van der Waals surface area contributed by atoms with Crippen LogP contribution in [-0.2, 0) is 0 Å². The Morgan fingerprint density at radius 3 is 2.95 bits per heavy atom. The van der Waals surface area contributed by atoms with Crippen LogP contribution in [0.5, 0.6) is 0 Å². The third kappa shape index (κ3) is 1.72. The molecule has 3 heterocycles. The summed E-state index contributed by atoms with van der Waals surface area (Å²) < 4.78 is 0. The maximum Gasteiger partial charge on any atom is 0.129 e. The van der Waals surface area contributed by atoms with Crippen molar-refractivity contribution in [2.45, 2.75) is 13.0 Å². The van der Waals surface area contributed by atoms with Gasteiger partial charge in [0.25, 0.3) is 0 Å². The van der Waals surface area contributed by atoms with Crippen LogP contribution in [0.4, 0.5) is 5.82 Å². The first kappa shape index (κ1) is 11.2. The van der Waals surface area contributed by atoms with Gasteiger partial charge in [-0.05, 0) is 37.0 Å². The van der Waals surface area contributed by atoms with E-state index in [1.807, 2.05) is 0 Å². The predicted octanol–water partition coefficient (Wildman–Crippen LogP) is 2.28. The van der Waals surface area contributed by atoms with Crippen molar-refractivity contribution in [2.75, 3.05) is 24.5 Å². The number of aromatic nitrogens is 1. The highest BCUT2D eigenvalue weighted by Crippen LogP contribution is 2.35. The van der Waals surface area contributed by atoms with Gasteiger partial charge in [0.05, 0.1) is 5.52 Å². The summed E-state index contributed by atoms with van der Waals surface area (Å²) in [5.41, 5.74) is 1.10. The number of nitrogens with one attached hydrogen (secondary N) is 1. The first-order valence-corrected chi connectivity index (χ1v) is 7.16. The average Bonchev–Trinajstić information content (AvgIpc) is 3.02. The van der Waals surface area contributed by atoms with Gasteiger partial charge in [0, 0.05) is 31.1 Å². The van der Waals surface area contributed by atoms with Crippen molar-refractivity contribution in [3.05, 3.63) is 36.4 Å². The van der Waals surface area contributed by atoms with Gasteiger partial charge in [-0.3, -0.25) is 0 Å². The van der Waals surface area contributed by atoms with Crippen molar-refractivity contribution in [3.8, 4) is 0 Å². The first-order chi connectivity index (χ1) is 9.33. The summed E-state index contributed by atoms with van der Waals surface area (Å²) in [7, 11) is 0. The van der Waals surface area contributed by atoms with Gasteiger partial charge < -0.3 is 10.2 Å². The van der Waals surface area contributed by atoms with Crippen molar-refractivity contribution < 1.29 is 0 Å². The zero-order valence-electron chi connectivity index (χ0n) is 11.2. The van der Waals surface area contributed by atoms with Gasteiger partial charge in [0.1, 0.15) is 5.82 Å². The maximum atomic E-state index is 4.84. The van der Waals surface area contributed by atoms with Crippen LogP contribution in [0.25, 0.3) is 10.9 Å². The first-order valence-electron chi connectivity index (χ1n) is 7.16. The lowest BCUT2D eigenvalue weighted by atomic mass is 9.95. The molecule has 3 heteroatoms. The van der Waals surface area contributed by atoms with Gasteiger partial charge in [-0.1, -0.05) is 18.2 Å². The third-order valence-electron chi connectivity index (χ3n) is 4.81. The molecule has 0 aliphatic carbocycles. The standard InChI is InChI=1S/C16H19N3/c1-11-14-9-17-8-13(14)10-19(11)16-7-6-12-4-2-3-5-15(12)18-16/h2-7,11,13-14,17H,8-10H2,1H3. The van der Waals surface area contributed by atoms with E-state index in [4.69, 9.17) is 4.98 Å². The molecule has 4 rings (SSSR count). The Morgan fingerprint density at radius 2 is 2.05 bits per heavy atom. The largest absolute Gasteiger partial charge is 0.353 e. The van der Waals surface area contributed by atoms with E-state index in [1.54, 1.807) is 0 Å². The van der Waals surface area contributed by atoms with E-state index in [-0.39, 0.29) is 0 Å². The number of hydrogen-bond acceptors (Lipinski definition) is 3. The van der Waals surface area contributed by atoms with E-state index >= 15 is 0 Å². The van der Waals surface area contributed by atoms with E-state index in [9.17, 15) is 0 Å². The molecule has 3 nitrogen and oxygen atoms in total. The molecule has 2 aliphatic rings. The second-order valence-electron chi connectivity index (χ2n) is 5.84. The van der Waals surface area contributed by atoms with E-state index in [0.717, 1.165) is 36.3 Å². The van der Waals surface area contributed by atoms with Crippen LogP contribution in [0.1, 0.15) is 6.92 Å². The van der Waals surface area contributed by atoms with Crippen molar-refractivity contribution >= 4 is 16.7 Å². The normalized spacial score (nSPS) is 29.9. The molecule has 1 aromatic heterocycles. The maximum absolute atomic E-state index is 4.84. The summed E-state index contributed by atoms with van der Waals surface area (Å²) >= 11 is 0. The smallest absolute Gasteiger partial charge is 0.129 e. The average molecular weight is 253 g/mol. The van der Waals surface area contributed by atoms with Crippen LogP contribution in [-0.4, -0.2) is 30.7 Å². The molecular weight excluding hydrogens is 234 g/mol. The van der Waals surface area contributed by atoms with Gasteiger partial charge in [0.15, 0.2) is 0 Å². The molecule has 3 atom stereocenters. The summed E-state index contributed by atoms with van der Waals surface area (Å²) in [4.78, 5) is 7.33. The molecule has 3 unspecified atom stereocenters. The summed E-state index contributed by atoms with van der Waals surface area (Å²) in [5.74, 6) is 2.72. The lowest BCUT2D eigenvalue weighted by Gasteiger charge is -2.25. The molecule has 0 radical (unpaired) electrons. The van der Waals surface area contributed by atoms with Crippen molar-refractivity contribution in [2.24, 2.45) is 11.8 Å². The molecule has 1 aromatic carbocycles. The van der Waals surface area contributed by atoms with Gasteiger partial charge in [-0.15, -0.1) is 0 Å². The fourth-order valence-electron chi connectivity index (χ4n) is 3.69. The summed E-state index contributed by atoms with van der Waals surface area (Å²) in [5, 5.41) is 4.73. The van der Waals surface area contributed by atoms with E-state index in [2.05, 4.69) is 53.5 Å². The summed E-state index contributed by atoms with van der Waals surface area (Å²) in [6.07, 6.45) is 0. The molecule has 1 N–H and O–H groups in total. The number of hydrogen-bond donors (Lipinski definition) is 1. The minimum absolute atomic E-state index is 0.591. The third-order valence-corrected chi connectivity index (χ3v) is 4.81. The Morgan fingerprint density at radius 1 is 1.16 bits per heavy atom. The minimum Gasteiger partial charge on any atom is -0.353 e. The summed E-state index contributed by atoms with van der Waals surface area (Å²) in [6.45, 7) is 5.81. The van der Waals surface area contributed by atoms with Gasteiger partial charge in [-0.25, -0.2) is 4.98 Å².